The molecule has 0 fully saturated rings. The lowest BCUT2D eigenvalue weighted by Gasteiger charge is -2.03. The van der Waals surface area contributed by atoms with Crippen LogP contribution in [0.15, 0.2) is 21.6 Å². The Labute approximate surface area is 112 Å². The molecule has 1 heterocycles. The molecule has 2 N–H and O–H groups in total. The Morgan fingerprint density at radius 1 is 1.50 bits per heavy atom. The molecule has 5 nitrogen and oxygen atoms in total. The van der Waals surface area contributed by atoms with Crippen molar-refractivity contribution in [3.63, 3.8) is 0 Å². The molecular formula is C11H16N2O3S2. The second kappa shape index (κ2) is 7.48. The van der Waals surface area contributed by atoms with Crippen molar-refractivity contribution in [3.05, 3.63) is 17.9 Å². The number of terminal acetylenes is 1. The van der Waals surface area contributed by atoms with Crippen LogP contribution in [-0.4, -0.2) is 33.5 Å². The standard InChI is InChI=1S/C11H16N2O3S2/c1-3-7-17-8-6-13-18(14,15)11-5-4-10(16-11)9-12-2/h1,4-5,12-13H,6-9H2,2H3. The predicted molar refractivity (Wildman–Crippen MR) is 72.8 cm³/mol. The summed E-state index contributed by atoms with van der Waals surface area (Å²) in [7, 11) is -1.79. The second-order valence-electron chi connectivity index (χ2n) is 3.41. The van der Waals surface area contributed by atoms with Gasteiger partial charge in [-0.1, -0.05) is 5.92 Å². The molecule has 0 aliphatic carbocycles. The normalized spacial score (nSPS) is 11.3. The van der Waals surface area contributed by atoms with E-state index in [1.807, 2.05) is 0 Å². The third kappa shape index (κ3) is 4.74. The third-order valence-electron chi connectivity index (χ3n) is 1.98. The van der Waals surface area contributed by atoms with Gasteiger partial charge in [0.15, 0.2) is 0 Å². The van der Waals surface area contributed by atoms with Crippen molar-refractivity contribution in [1.82, 2.24) is 10.0 Å². The van der Waals surface area contributed by atoms with E-state index in [9.17, 15) is 8.42 Å². The smallest absolute Gasteiger partial charge is 0.273 e. The van der Waals surface area contributed by atoms with Crippen molar-refractivity contribution in [2.45, 2.75) is 11.6 Å². The van der Waals surface area contributed by atoms with E-state index >= 15 is 0 Å². The van der Waals surface area contributed by atoms with Crippen LogP contribution in [0.2, 0.25) is 0 Å². The first-order valence-electron chi connectivity index (χ1n) is 5.34. The first kappa shape index (κ1) is 15.1. The Morgan fingerprint density at radius 3 is 2.94 bits per heavy atom. The van der Waals surface area contributed by atoms with Gasteiger partial charge in [-0.3, -0.25) is 0 Å². The van der Waals surface area contributed by atoms with Crippen LogP contribution in [0.3, 0.4) is 0 Å². The number of nitrogens with one attached hydrogen (secondary N) is 2. The van der Waals surface area contributed by atoms with Crippen LogP contribution in [0, 0.1) is 12.3 Å². The molecule has 0 radical (unpaired) electrons. The Hall–Kier alpha value is -0.940. The van der Waals surface area contributed by atoms with Crippen LogP contribution in [-0.2, 0) is 16.6 Å². The average molecular weight is 288 g/mol. The molecule has 0 aliphatic heterocycles. The van der Waals surface area contributed by atoms with Gasteiger partial charge in [0.25, 0.3) is 10.0 Å². The molecule has 0 saturated heterocycles. The molecule has 0 amide bonds. The number of rotatable bonds is 8. The van der Waals surface area contributed by atoms with Gasteiger partial charge in [0.2, 0.25) is 5.09 Å². The maximum absolute atomic E-state index is 11.8. The van der Waals surface area contributed by atoms with Crippen LogP contribution in [0.25, 0.3) is 0 Å². The fraction of sp³-hybridized carbons (Fsp3) is 0.455. The molecule has 0 saturated carbocycles. The summed E-state index contributed by atoms with van der Waals surface area (Å²) in [5.41, 5.74) is 0. The van der Waals surface area contributed by atoms with Gasteiger partial charge in [-0.25, -0.2) is 13.1 Å². The Balaban J connectivity index is 2.49. The fourth-order valence-corrected chi connectivity index (χ4v) is 2.84. The molecule has 18 heavy (non-hydrogen) atoms. The molecule has 1 rings (SSSR count). The van der Waals surface area contributed by atoms with Gasteiger partial charge in [0.05, 0.1) is 12.3 Å². The molecule has 0 atom stereocenters. The van der Waals surface area contributed by atoms with Gasteiger partial charge in [-0.15, -0.1) is 18.2 Å². The van der Waals surface area contributed by atoms with Gasteiger partial charge in [0, 0.05) is 12.3 Å². The number of hydrogen-bond acceptors (Lipinski definition) is 5. The highest BCUT2D eigenvalue weighted by Crippen LogP contribution is 2.13. The van der Waals surface area contributed by atoms with E-state index in [4.69, 9.17) is 10.8 Å². The van der Waals surface area contributed by atoms with Crippen LogP contribution in [0.4, 0.5) is 0 Å². The molecule has 0 bridgehead atoms. The molecule has 0 unspecified atom stereocenters. The van der Waals surface area contributed by atoms with Crippen molar-refractivity contribution < 1.29 is 12.8 Å². The Morgan fingerprint density at radius 2 is 2.28 bits per heavy atom. The van der Waals surface area contributed by atoms with E-state index in [2.05, 4.69) is 16.0 Å². The molecular weight excluding hydrogens is 272 g/mol. The highest BCUT2D eigenvalue weighted by Gasteiger charge is 2.17. The maximum atomic E-state index is 11.8. The van der Waals surface area contributed by atoms with E-state index in [0.717, 1.165) is 0 Å². The zero-order chi connectivity index (χ0) is 13.4. The lowest BCUT2D eigenvalue weighted by Crippen LogP contribution is -2.25. The number of thioether (sulfide) groups is 1. The molecule has 7 heteroatoms. The first-order valence-corrected chi connectivity index (χ1v) is 7.98. The van der Waals surface area contributed by atoms with Gasteiger partial charge in [-0.05, 0) is 19.2 Å². The Bertz CT molecular complexity index is 503. The summed E-state index contributed by atoms with van der Waals surface area (Å²) in [5.74, 6) is 4.27. The largest absolute Gasteiger partial charge is 0.447 e. The molecule has 1 aromatic rings. The van der Waals surface area contributed by atoms with E-state index in [-0.39, 0.29) is 5.09 Å². The van der Waals surface area contributed by atoms with Crippen molar-refractivity contribution in [3.8, 4) is 12.3 Å². The minimum absolute atomic E-state index is 0.0605. The monoisotopic (exact) mass is 288 g/mol. The molecule has 0 aliphatic rings. The summed E-state index contributed by atoms with van der Waals surface area (Å²) < 4.78 is 31.3. The van der Waals surface area contributed by atoms with Crippen LogP contribution >= 0.6 is 11.8 Å². The highest BCUT2D eigenvalue weighted by molar-refractivity contribution is 7.99. The lowest BCUT2D eigenvalue weighted by molar-refractivity contribution is 0.405. The molecule has 1 aromatic heterocycles. The van der Waals surface area contributed by atoms with Crippen molar-refractivity contribution >= 4 is 21.8 Å². The van der Waals surface area contributed by atoms with Gasteiger partial charge < -0.3 is 9.73 Å². The minimum atomic E-state index is -3.55. The summed E-state index contributed by atoms with van der Waals surface area (Å²) in [6, 6.07) is 3.09. The van der Waals surface area contributed by atoms with Gasteiger partial charge >= 0.3 is 0 Å². The first-order chi connectivity index (χ1) is 8.60. The van der Waals surface area contributed by atoms with Crippen LogP contribution < -0.4 is 10.0 Å². The van der Waals surface area contributed by atoms with E-state index in [1.54, 1.807) is 13.1 Å². The second-order valence-corrected chi connectivity index (χ2v) is 6.21. The lowest BCUT2D eigenvalue weighted by atomic mass is 10.4. The highest BCUT2D eigenvalue weighted by atomic mass is 32.2. The number of sulfonamides is 1. The van der Waals surface area contributed by atoms with E-state index in [1.165, 1.54) is 17.8 Å². The van der Waals surface area contributed by atoms with Crippen molar-refractivity contribution in [2.75, 3.05) is 25.1 Å². The topological polar surface area (TPSA) is 71.3 Å². The van der Waals surface area contributed by atoms with Crippen LogP contribution in [0.1, 0.15) is 5.76 Å². The Kier molecular flexibility index (Phi) is 6.29. The van der Waals surface area contributed by atoms with Crippen molar-refractivity contribution in [2.24, 2.45) is 0 Å². The summed E-state index contributed by atoms with van der Waals surface area (Å²) in [5, 5.41) is 2.82. The van der Waals surface area contributed by atoms with E-state index < -0.39 is 10.0 Å². The van der Waals surface area contributed by atoms with Gasteiger partial charge in [-0.2, -0.15) is 0 Å². The minimum Gasteiger partial charge on any atom is -0.447 e. The third-order valence-corrected chi connectivity index (χ3v) is 4.17. The summed E-state index contributed by atoms with van der Waals surface area (Å²) in [6.07, 6.45) is 5.09. The van der Waals surface area contributed by atoms with Gasteiger partial charge in [0.1, 0.15) is 5.76 Å². The summed E-state index contributed by atoms with van der Waals surface area (Å²) >= 11 is 1.50. The zero-order valence-electron chi connectivity index (χ0n) is 10.1. The predicted octanol–water partition coefficient (Wildman–Crippen LogP) is 0.644. The molecule has 0 spiro atoms. The van der Waals surface area contributed by atoms with Crippen molar-refractivity contribution in [1.29, 1.82) is 0 Å². The maximum Gasteiger partial charge on any atom is 0.273 e. The summed E-state index contributed by atoms with van der Waals surface area (Å²) in [4.78, 5) is 0. The van der Waals surface area contributed by atoms with E-state index in [0.29, 0.717) is 30.4 Å². The summed E-state index contributed by atoms with van der Waals surface area (Å²) in [6.45, 7) is 0.824. The quantitative estimate of drug-likeness (QED) is 0.543. The number of hydrogen-bond donors (Lipinski definition) is 2. The zero-order valence-corrected chi connectivity index (χ0v) is 11.7. The van der Waals surface area contributed by atoms with Crippen LogP contribution in [0.5, 0.6) is 0 Å². The fourth-order valence-electron chi connectivity index (χ4n) is 1.22. The SMILES string of the molecule is C#CCSCCNS(=O)(=O)c1ccc(CNC)o1. The molecule has 0 aromatic carbocycles. The average Bonchev–Trinajstić information content (AvgIpc) is 2.79. The number of furan rings is 1. The molecule has 100 valence electrons.